The van der Waals surface area contributed by atoms with E-state index in [9.17, 15) is 8.42 Å². The number of thiocarbonyl (C=S) groups is 1. The molecule has 0 unspecified atom stereocenters. The van der Waals surface area contributed by atoms with Crippen molar-refractivity contribution in [1.29, 1.82) is 0 Å². The molecule has 20 heavy (non-hydrogen) atoms. The molecule has 0 spiro atoms. The summed E-state index contributed by atoms with van der Waals surface area (Å²) < 4.78 is 26.8. The van der Waals surface area contributed by atoms with Gasteiger partial charge in [-0.1, -0.05) is 18.3 Å². The first-order valence-corrected chi connectivity index (χ1v) is 9.56. The Bertz CT molecular complexity index is 571. The van der Waals surface area contributed by atoms with Crippen LogP contribution < -0.4 is 10.5 Å². The normalized spacial score (nSPS) is 11.5. The van der Waals surface area contributed by atoms with Crippen molar-refractivity contribution < 1.29 is 8.42 Å². The number of unbranched alkanes of at least 4 members (excludes halogenated alkanes) is 1. The van der Waals surface area contributed by atoms with E-state index in [-0.39, 0.29) is 9.88 Å². The molecule has 3 N–H and O–H groups in total. The van der Waals surface area contributed by atoms with E-state index in [1.807, 2.05) is 6.26 Å². The highest BCUT2D eigenvalue weighted by Crippen LogP contribution is 2.15. The lowest BCUT2D eigenvalue weighted by molar-refractivity contribution is 0.578. The minimum atomic E-state index is -3.45. The van der Waals surface area contributed by atoms with E-state index in [0.29, 0.717) is 12.1 Å². The SMILES string of the molecule is CSCCCCNS(=O)(=O)c1ccc(C(N)=S)c(C)c1. The molecule has 0 aliphatic carbocycles. The van der Waals surface area contributed by atoms with Crippen LogP contribution in [0.5, 0.6) is 0 Å². The molecule has 0 atom stereocenters. The van der Waals surface area contributed by atoms with E-state index in [4.69, 9.17) is 18.0 Å². The van der Waals surface area contributed by atoms with Gasteiger partial charge >= 0.3 is 0 Å². The standard InChI is InChI=1S/C13H20N2O2S3/c1-10-9-11(5-6-12(10)13(14)18)20(16,17)15-7-3-4-8-19-2/h5-6,9,15H,3-4,7-8H2,1-2H3,(H2,14,18). The van der Waals surface area contributed by atoms with Gasteiger partial charge in [-0.05, 0) is 49.5 Å². The molecular weight excluding hydrogens is 312 g/mol. The van der Waals surface area contributed by atoms with Gasteiger partial charge in [-0.2, -0.15) is 11.8 Å². The molecule has 1 rings (SSSR count). The molecule has 0 fully saturated rings. The van der Waals surface area contributed by atoms with Gasteiger partial charge in [-0.15, -0.1) is 0 Å². The predicted octanol–water partition coefficient (Wildman–Crippen LogP) is 2.05. The lowest BCUT2D eigenvalue weighted by Crippen LogP contribution is -2.25. The first-order chi connectivity index (χ1) is 9.38. The number of aryl methyl sites for hydroxylation is 1. The number of nitrogens with one attached hydrogen (secondary N) is 1. The maximum absolute atomic E-state index is 12.1. The Morgan fingerprint density at radius 1 is 1.40 bits per heavy atom. The van der Waals surface area contributed by atoms with Crippen LogP contribution in [0.3, 0.4) is 0 Å². The van der Waals surface area contributed by atoms with Gasteiger partial charge in [-0.3, -0.25) is 0 Å². The summed E-state index contributed by atoms with van der Waals surface area (Å²) in [4.78, 5) is 0.524. The average Bonchev–Trinajstić information content (AvgIpc) is 2.37. The monoisotopic (exact) mass is 332 g/mol. The van der Waals surface area contributed by atoms with Crippen LogP contribution in [0, 0.1) is 6.92 Å². The Morgan fingerprint density at radius 3 is 2.65 bits per heavy atom. The summed E-state index contributed by atoms with van der Waals surface area (Å²) in [5, 5.41) is 0. The van der Waals surface area contributed by atoms with Gasteiger partial charge < -0.3 is 5.73 Å². The zero-order valence-corrected chi connectivity index (χ0v) is 14.1. The Kier molecular flexibility index (Phi) is 6.94. The first kappa shape index (κ1) is 17.4. The van der Waals surface area contributed by atoms with Crippen LogP contribution in [-0.4, -0.2) is 32.0 Å². The number of nitrogens with two attached hydrogens (primary N) is 1. The Balaban J connectivity index is 2.73. The Labute approximate surface area is 130 Å². The second kappa shape index (κ2) is 7.97. The lowest BCUT2D eigenvalue weighted by atomic mass is 10.1. The average molecular weight is 333 g/mol. The summed E-state index contributed by atoms with van der Waals surface area (Å²) in [6, 6.07) is 4.78. The summed E-state index contributed by atoms with van der Waals surface area (Å²) in [7, 11) is -3.45. The number of hydrogen-bond donors (Lipinski definition) is 2. The number of benzene rings is 1. The van der Waals surface area contributed by atoms with Gasteiger partial charge in [0.25, 0.3) is 0 Å². The zero-order chi connectivity index (χ0) is 15.2. The van der Waals surface area contributed by atoms with E-state index < -0.39 is 10.0 Å². The second-order valence-electron chi connectivity index (χ2n) is 4.44. The summed E-state index contributed by atoms with van der Waals surface area (Å²) in [5.74, 6) is 1.05. The smallest absolute Gasteiger partial charge is 0.240 e. The third-order valence-corrected chi connectivity index (χ3v) is 5.22. The topological polar surface area (TPSA) is 72.2 Å². The van der Waals surface area contributed by atoms with Crippen LogP contribution in [0.1, 0.15) is 24.0 Å². The van der Waals surface area contributed by atoms with Crippen molar-refractivity contribution >= 4 is 39.0 Å². The van der Waals surface area contributed by atoms with Crippen molar-refractivity contribution in [2.45, 2.75) is 24.7 Å². The summed E-state index contributed by atoms with van der Waals surface area (Å²) >= 11 is 6.67. The minimum absolute atomic E-state index is 0.250. The Hall–Kier alpha value is -0.630. The van der Waals surface area contributed by atoms with Gasteiger partial charge in [-0.25, -0.2) is 13.1 Å². The molecular formula is C13H20N2O2S3. The van der Waals surface area contributed by atoms with E-state index in [2.05, 4.69) is 4.72 Å². The van der Waals surface area contributed by atoms with Gasteiger partial charge in [0, 0.05) is 12.1 Å². The highest BCUT2D eigenvalue weighted by molar-refractivity contribution is 7.98. The highest BCUT2D eigenvalue weighted by atomic mass is 32.2. The van der Waals surface area contributed by atoms with E-state index in [1.165, 1.54) is 6.07 Å². The maximum atomic E-state index is 12.1. The molecule has 7 heteroatoms. The van der Waals surface area contributed by atoms with Crippen LogP contribution >= 0.6 is 24.0 Å². The number of rotatable bonds is 8. The van der Waals surface area contributed by atoms with Crippen LogP contribution in [0.2, 0.25) is 0 Å². The summed E-state index contributed by atoms with van der Waals surface area (Å²) in [6.07, 6.45) is 3.88. The number of hydrogen-bond acceptors (Lipinski definition) is 4. The molecule has 0 aliphatic rings. The van der Waals surface area contributed by atoms with E-state index in [0.717, 1.165) is 24.2 Å². The minimum Gasteiger partial charge on any atom is -0.389 e. The van der Waals surface area contributed by atoms with Crippen molar-refractivity contribution in [3.8, 4) is 0 Å². The van der Waals surface area contributed by atoms with Gasteiger partial charge in [0.15, 0.2) is 0 Å². The van der Waals surface area contributed by atoms with Crippen LogP contribution in [0.25, 0.3) is 0 Å². The van der Waals surface area contributed by atoms with Gasteiger partial charge in [0.1, 0.15) is 4.99 Å². The summed E-state index contributed by atoms with van der Waals surface area (Å²) in [5.41, 5.74) is 7.04. The molecule has 0 saturated carbocycles. The first-order valence-electron chi connectivity index (χ1n) is 6.27. The van der Waals surface area contributed by atoms with Crippen molar-refractivity contribution in [3.63, 3.8) is 0 Å². The quantitative estimate of drug-likeness (QED) is 0.563. The fraction of sp³-hybridized carbons (Fsp3) is 0.462. The van der Waals surface area contributed by atoms with Crippen LogP contribution in [0.15, 0.2) is 23.1 Å². The fourth-order valence-corrected chi connectivity index (χ4v) is 3.62. The van der Waals surface area contributed by atoms with E-state index in [1.54, 1.807) is 30.8 Å². The highest BCUT2D eigenvalue weighted by Gasteiger charge is 2.14. The molecule has 1 aromatic rings. The molecule has 0 amide bonds. The number of sulfonamides is 1. The molecule has 0 saturated heterocycles. The Morgan fingerprint density at radius 2 is 2.10 bits per heavy atom. The van der Waals surface area contributed by atoms with E-state index >= 15 is 0 Å². The molecule has 0 aromatic heterocycles. The van der Waals surface area contributed by atoms with Crippen molar-refractivity contribution in [2.24, 2.45) is 5.73 Å². The summed E-state index contributed by atoms with van der Waals surface area (Å²) in [6.45, 7) is 2.25. The van der Waals surface area contributed by atoms with Gasteiger partial charge in [0.2, 0.25) is 10.0 Å². The molecule has 112 valence electrons. The molecule has 0 bridgehead atoms. The third kappa shape index (κ3) is 5.05. The van der Waals surface area contributed by atoms with Crippen molar-refractivity contribution in [3.05, 3.63) is 29.3 Å². The number of thioether (sulfide) groups is 1. The third-order valence-electron chi connectivity index (χ3n) is 2.84. The fourth-order valence-electron chi connectivity index (χ4n) is 1.74. The lowest BCUT2D eigenvalue weighted by Gasteiger charge is -2.09. The van der Waals surface area contributed by atoms with Gasteiger partial charge in [0.05, 0.1) is 4.90 Å². The molecule has 0 heterocycles. The van der Waals surface area contributed by atoms with Crippen molar-refractivity contribution in [1.82, 2.24) is 4.72 Å². The van der Waals surface area contributed by atoms with Crippen LogP contribution in [0.4, 0.5) is 0 Å². The molecule has 0 aliphatic heterocycles. The molecule has 4 nitrogen and oxygen atoms in total. The predicted molar refractivity (Wildman–Crippen MR) is 89.9 cm³/mol. The molecule has 0 radical (unpaired) electrons. The largest absolute Gasteiger partial charge is 0.389 e. The molecule has 1 aromatic carbocycles. The zero-order valence-electron chi connectivity index (χ0n) is 11.7. The maximum Gasteiger partial charge on any atom is 0.240 e. The van der Waals surface area contributed by atoms with Crippen LogP contribution in [-0.2, 0) is 10.0 Å². The second-order valence-corrected chi connectivity index (χ2v) is 7.63. The van der Waals surface area contributed by atoms with Crippen molar-refractivity contribution in [2.75, 3.05) is 18.6 Å².